The number of hydrogen-bond acceptors (Lipinski definition) is 2. The predicted octanol–water partition coefficient (Wildman–Crippen LogP) is 6.94. The summed E-state index contributed by atoms with van der Waals surface area (Å²) in [5, 5.41) is 0. The number of rotatable bonds is 12. The van der Waals surface area contributed by atoms with E-state index < -0.39 is 18.4 Å². The van der Waals surface area contributed by atoms with E-state index in [1.807, 2.05) is 0 Å². The van der Waals surface area contributed by atoms with Gasteiger partial charge in [-0.25, -0.2) is 0 Å². The van der Waals surface area contributed by atoms with Crippen molar-refractivity contribution < 1.29 is 4.74 Å². The molecule has 1 aliphatic heterocycles. The van der Waals surface area contributed by atoms with Gasteiger partial charge in [0.1, 0.15) is 0 Å². The van der Waals surface area contributed by atoms with Crippen LogP contribution in [0, 0.1) is 11.8 Å². The topological polar surface area (TPSA) is 21.6 Å². The van der Waals surface area contributed by atoms with E-state index in [0.717, 1.165) is 12.5 Å². The monoisotopic (exact) mass is 467 g/mol. The summed E-state index contributed by atoms with van der Waals surface area (Å²) < 4.78 is 12.5. The van der Waals surface area contributed by atoms with E-state index in [4.69, 9.17) is 9.73 Å². The Morgan fingerprint density at radius 1 is 1.04 bits per heavy atom. The molecule has 2 nitrogen and oxygen atoms in total. The molecule has 1 aliphatic carbocycles. The van der Waals surface area contributed by atoms with E-state index in [0.29, 0.717) is 17.9 Å². The first-order chi connectivity index (χ1) is 12.6. The number of unbranched alkanes of at least 4 members (excludes halogenated alkanes) is 3. The Labute approximate surface area is 166 Å². The van der Waals surface area contributed by atoms with Gasteiger partial charge in [0.2, 0.25) is 0 Å². The van der Waals surface area contributed by atoms with Gasteiger partial charge in [-0.2, -0.15) is 0 Å². The Balaban J connectivity index is 2.28. The Morgan fingerprint density at radius 3 is 2.08 bits per heavy atom. The average molecular weight is 466 g/mol. The number of allylic oxidation sites excluding steroid dienone is 2. The van der Waals surface area contributed by atoms with Gasteiger partial charge in [-0.1, -0.05) is 0 Å². The summed E-state index contributed by atoms with van der Waals surface area (Å²) in [6, 6.07) is 0.353. The molecule has 1 unspecified atom stereocenters. The van der Waals surface area contributed by atoms with E-state index in [9.17, 15) is 0 Å². The molecule has 0 aromatic carbocycles. The van der Waals surface area contributed by atoms with Crippen LogP contribution in [-0.2, 0) is 4.74 Å². The second kappa shape index (κ2) is 10.9. The third kappa shape index (κ3) is 5.39. The van der Waals surface area contributed by atoms with E-state index in [1.165, 1.54) is 51.8 Å². The molecule has 0 saturated carbocycles. The van der Waals surface area contributed by atoms with Crippen LogP contribution < -0.4 is 0 Å². The van der Waals surface area contributed by atoms with Gasteiger partial charge in [-0.05, 0) is 0 Å². The molecule has 3 heteroatoms. The fourth-order valence-corrected chi connectivity index (χ4v) is 21.7. The van der Waals surface area contributed by atoms with Gasteiger partial charge in [0.05, 0.1) is 0 Å². The van der Waals surface area contributed by atoms with Crippen LogP contribution >= 0.6 is 0 Å². The molecule has 0 radical (unpaired) electrons. The number of nitrogens with zero attached hydrogens (tertiary/aromatic N) is 1. The second-order valence-electron chi connectivity index (χ2n) is 8.67. The number of hydrogen-bond donors (Lipinski definition) is 0. The van der Waals surface area contributed by atoms with Crippen LogP contribution in [0.1, 0.15) is 73.1 Å². The molecule has 2 atom stereocenters. The molecule has 26 heavy (non-hydrogen) atoms. The van der Waals surface area contributed by atoms with Crippen LogP contribution in [0.5, 0.6) is 0 Å². The van der Waals surface area contributed by atoms with E-state index in [-0.39, 0.29) is 0 Å². The second-order valence-corrected chi connectivity index (χ2v) is 21.9. The minimum atomic E-state index is -2.39. The van der Waals surface area contributed by atoms with Crippen molar-refractivity contribution in [3.05, 3.63) is 21.8 Å². The first kappa shape index (κ1) is 22.0. The summed E-state index contributed by atoms with van der Waals surface area (Å²) in [7, 11) is 0. The first-order valence-electron chi connectivity index (χ1n) is 11.2. The summed E-state index contributed by atoms with van der Waals surface area (Å²) in [5.74, 6) is 1.98. The van der Waals surface area contributed by atoms with Crippen LogP contribution in [0.15, 0.2) is 26.8 Å². The third-order valence-corrected chi connectivity index (χ3v) is 22.4. The van der Waals surface area contributed by atoms with Gasteiger partial charge in [-0.15, -0.1) is 0 Å². The zero-order valence-electron chi connectivity index (χ0n) is 17.9. The van der Waals surface area contributed by atoms with Gasteiger partial charge in [0.25, 0.3) is 0 Å². The van der Waals surface area contributed by atoms with E-state index in [2.05, 4.69) is 52.8 Å². The summed E-state index contributed by atoms with van der Waals surface area (Å²) in [4.78, 5) is 5.01. The minimum absolute atomic E-state index is 0.353. The molecule has 2 rings (SSSR count). The van der Waals surface area contributed by atoms with E-state index in [1.54, 1.807) is 3.59 Å². The quantitative estimate of drug-likeness (QED) is 0.286. The molecule has 1 heterocycles. The Bertz CT molecular complexity index is 499. The van der Waals surface area contributed by atoms with Crippen LogP contribution in [0.2, 0.25) is 13.3 Å². The molecular formula is C23H41NOSn. The van der Waals surface area contributed by atoms with Crippen LogP contribution in [0.3, 0.4) is 0 Å². The molecule has 2 aliphatic rings. The number of ether oxygens (including phenoxy) is 1. The van der Waals surface area contributed by atoms with Gasteiger partial charge >= 0.3 is 167 Å². The van der Waals surface area contributed by atoms with Gasteiger partial charge in [-0.3, -0.25) is 0 Å². The normalized spacial score (nSPS) is 22.7. The zero-order chi connectivity index (χ0) is 19.0. The van der Waals surface area contributed by atoms with Crippen molar-refractivity contribution in [2.45, 2.75) is 92.5 Å². The number of aliphatic imine (C=N–C) groups is 1. The first-order valence-corrected chi connectivity index (χ1v) is 18.7. The van der Waals surface area contributed by atoms with Crippen molar-refractivity contribution >= 4 is 24.3 Å². The maximum absolute atomic E-state index is 6.14. The molecule has 0 aromatic heterocycles. The van der Waals surface area contributed by atoms with Crippen molar-refractivity contribution in [1.29, 1.82) is 0 Å². The average Bonchev–Trinajstić information content (AvgIpc) is 3.30. The van der Waals surface area contributed by atoms with Gasteiger partial charge < -0.3 is 0 Å². The maximum atomic E-state index is 6.14. The summed E-state index contributed by atoms with van der Waals surface area (Å²) in [6.45, 7) is 12.4. The van der Waals surface area contributed by atoms with E-state index >= 15 is 0 Å². The van der Waals surface area contributed by atoms with Gasteiger partial charge in [0.15, 0.2) is 0 Å². The van der Waals surface area contributed by atoms with Crippen molar-refractivity contribution in [3.8, 4) is 0 Å². The molecule has 148 valence electrons. The molecule has 0 aromatic rings. The molecule has 0 N–H and O–H groups in total. The molecule has 0 spiro atoms. The van der Waals surface area contributed by atoms with Gasteiger partial charge in [0, 0.05) is 0 Å². The molecule has 0 fully saturated rings. The van der Waals surface area contributed by atoms with Crippen LogP contribution in [-0.4, -0.2) is 36.9 Å². The zero-order valence-corrected chi connectivity index (χ0v) is 20.7. The summed E-state index contributed by atoms with van der Waals surface area (Å²) in [6.07, 6.45) is 15.4. The molecule has 0 amide bonds. The third-order valence-electron chi connectivity index (χ3n) is 6.28. The van der Waals surface area contributed by atoms with Crippen molar-refractivity contribution in [2.24, 2.45) is 16.8 Å². The standard InChI is InChI=1S/C11H14NO.3C4H9.Sn/c1-8(2)10-7-13-11(12-10)9-5-3-4-6-9;3*1-3-4-2;/h3-5,8-10H,7H2,1-2H3;3*1,3-4H2,2H3;/t9?,10-;;;;/m1..../s1. The SMILES string of the molecule is CCC[CH2][Sn]([CH2]CCC)([CH2]CCC)[C]1=CC=CC1C1=N[C@@H](C(C)C)CO1. The fraction of sp³-hybridized carbons (Fsp3) is 0.783. The molecule has 0 bridgehead atoms. The summed E-state index contributed by atoms with van der Waals surface area (Å²) >= 11 is -2.39. The fourth-order valence-electron chi connectivity index (χ4n) is 4.47. The summed E-state index contributed by atoms with van der Waals surface area (Å²) in [5.41, 5.74) is 0. The van der Waals surface area contributed by atoms with Crippen LogP contribution in [0.25, 0.3) is 0 Å². The predicted molar refractivity (Wildman–Crippen MR) is 118 cm³/mol. The molecular weight excluding hydrogens is 425 g/mol. The van der Waals surface area contributed by atoms with Crippen molar-refractivity contribution in [1.82, 2.24) is 0 Å². The van der Waals surface area contributed by atoms with Crippen LogP contribution in [0.4, 0.5) is 0 Å². The molecule has 0 saturated heterocycles. The Morgan fingerprint density at radius 2 is 1.62 bits per heavy atom. The Kier molecular flexibility index (Phi) is 9.26. The Hall–Kier alpha value is -0.251. The van der Waals surface area contributed by atoms with Crippen molar-refractivity contribution in [2.75, 3.05) is 6.61 Å². The van der Waals surface area contributed by atoms with Crippen molar-refractivity contribution in [3.63, 3.8) is 0 Å².